The summed E-state index contributed by atoms with van der Waals surface area (Å²) in [7, 11) is 0. The molecule has 0 aliphatic carbocycles. The van der Waals surface area contributed by atoms with E-state index in [0.29, 0.717) is 31.1 Å². The minimum absolute atomic E-state index is 0.00761. The molecular formula is C24H33FN2O3. The number of hydrogen-bond donors (Lipinski definition) is 1. The molecule has 1 atom stereocenters. The Morgan fingerprint density at radius 1 is 1.20 bits per heavy atom. The van der Waals surface area contributed by atoms with Crippen LogP contribution in [-0.2, 0) is 23.1 Å². The first kappa shape index (κ1) is 22.5. The lowest BCUT2D eigenvalue weighted by atomic mass is 9.93. The van der Waals surface area contributed by atoms with Crippen molar-refractivity contribution in [3.05, 3.63) is 58.8 Å². The number of hydrogen-bond acceptors (Lipinski definition) is 4. The molecule has 1 aromatic heterocycles. The Morgan fingerprint density at radius 3 is 2.50 bits per heavy atom. The molecule has 1 fully saturated rings. The van der Waals surface area contributed by atoms with Gasteiger partial charge >= 0.3 is 0 Å². The van der Waals surface area contributed by atoms with Crippen molar-refractivity contribution in [1.29, 1.82) is 0 Å². The van der Waals surface area contributed by atoms with Gasteiger partial charge in [0.1, 0.15) is 17.3 Å². The first-order chi connectivity index (χ1) is 14.2. The molecule has 0 unspecified atom stereocenters. The van der Waals surface area contributed by atoms with Crippen LogP contribution in [-0.4, -0.2) is 43.2 Å². The highest BCUT2D eigenvalue weighted by atomic mass is 19.1. The van der Waals surface area contributed by atoms with Crippen LogP contribution in [0.5, 0.6) is 0 Å². The number of carbonyl (C=O) groups is 1. The SMILES string of the molecule is C[C@H](CCc1ccc(F)cc1)NC(=O)c1cc(C(C)(C)C)oc1CN1CCOCC1. The molecule has 1 saturated heterocycles. The Bertz CT molecular complexity index is 833. The van der Waals surface area contributed by atoms with Crippen molar-refractivity contribution in [2.75, 3.05) is 26.3 Å². The van der Waals surface area contributed by atoms with Crippen LogP contribution in [0, 0.1) is 5.82 Å². The highest BCUT2D eigenvalue weighted by Crippen LogP contribution is 2.28. The van der Waals surface area contributed by atoms with Crippen molar-refractivity contribution in [3.8, 4) is 0 Å². The largest absolute Gasteiger partial charge is 0.463 e. The highest BCUT2D eigenvalue weighted by Gasteiger charge is 2.26. The van der Waals surface area contributed by atoms with Crippen LogP contribution in [0.2, 0.25) is 0 Å². The van der Waals surface area contributed by atoms with Crippen LogP contribution in [0.4, 0.5) is 4.39 Å². The molecule has 0 saturated carbocycles. The van der Waals surface area contributed by atoms with E-state index < -0.39 is 0 Å². The molecule has 6 heteroatoms. The minimum Gasteiger partial charge on any atom is -0.463 e. The summed E-state index contributed by atoms with van der Waals surface area (Å²) in [5, 5.41) is 3.10. The third kappa shape index (κ3) is 6.16. The fraction of sp³-hybridized carbons (Fsp3) is 0.542. The molecule has 1 amide bonds. The summed E-state index contributed by atoms with van der Waals surface area (Å²) in [6.07, 6.45) is 1.56. The zero-order valence-corrected chi connectivity index (χ0v) is 18.5. The summed E-state index contributed by atoms with van der Waals surface area (Å²) in [5.41, 5.74) is 1.50. The van der Waals surface area contributed by atoms with Crippen molar-refractivity contribution >= 4 is 5.91 Å². The number of aryl methyl sites for hydroxylation is 1. The maximum absolute atomic E-state index is 13.1. The Balaban J connectivity index is 1.66. The third-order valence-electron chi connectivity index (χ3n) is 5.42. The van der Waals surface area contributed by atoms with E-state index in [-0.39, 0.29) is 23.2 Å². The predicted octanol–water partition coefficient (Wildman–Crippen LogP) is 4.30. The molecule has 1 aliphatic heterocycles. The summed E-state index contributed by atoms with van der Waals surface area (Å²) in [5.74, 6) is 1.19. The first-order valence-electron chi connectivity index (χ1n) is 10.7. The maximum atomic E-state index is 13.1. The van der Waals surface area contributed by atoms with Crippen LogP contribution < -0.4 is 5.32 Å². The first-order valence-corrected chi connectivity index (χ1v) is 10.7. The predicted molar refractivity (Wildman–Crippen MR) is 115 cm³/mol. The molecule has 2 heterocycles. The maximum Gasteiger partial charge on any atom is 0.255 e. The quantitative estimate of drug-likeness (QED) is 0.731. The van der Waals surface area contributed by atoms with Gasteiger partial charge < -0.3 is 14.5 Å². The fourth-order valence-electron chi connectivity index (χ4n) is 3.48. The third-order valence-corrected chi connectivity index (χ3v) is 5.42. The van der Waals surface area contributed by atoms with Gasteiger partial charge in [0.15, 0.2) is 0 Å². The number of carbonyl (C=O) groups excluding carboxylic acids is 1. The molecule has 0 spiro atoms. The van der Waals surface area contributed by atoms with E-state index in [2.05, 4.69) is 31.0 Å². The van der Waals surface area contributed by atoms with Crippen molar-refractivity contribution in [2.45, 2.75) is 58.5 Å². The Hall–Kier alpha value is -2.18. The van der Waals surface area contributed by atoms with E-state index in [4.69, 9.17) is 9.15 Å². The number of ether oxygens (including phenoxy) is 1. The zero-order valence-electron chi connectivity index (χ0n) is 18.5. The lowest BCUT2D eigenvalue weighted by Gasteiger charge is -2.26. The topological polar surface area (TPSA) is 54.7 Å². The van der Waals surface area contributed by atoms with Gasteiger partial charge in [-0.1, -0.05) is 32.9 Å². The van der Waals surface area contributed by atoms with E-state index in [0.717, 1.165) is 37.3 Å². The van der Waals surface area contributed by atoms with E-state index in [1.54, 1.807) is 12.1 Å². The molecule has 30 heavy (non-hydrogen) atoms. The second-order valence-electron chi connectivity index (χ2n) is 9.13. The second-order valence-corrected chi connectivity index (χ2v) is 9.13. The molecule has 1 N–H and O–H groups in total. The summed E-state index contributed by atoms with van der Waals surface area (Å²) < 4.78 is 24.6. The second kappa shape index (κ2) is 9.75. The summed E-state index contributed by atoms with van der Waals surface area (Å²) in [6, 6.07) is 8.39. The normalized spacial score (nSPS) is 16.4. The minimum atomic E-state index is -0.234. The van der Waals surface area contributed by atoms with Crippen LogP contribution in [0.3, 0.4) is 0 Å². The fourth-order valence-corrected chi connectivity index (χ4v) is 3.48. The number of rotatable bonds is 7. The lowest BCUT2D eigenvalue weighted by molar-refractivity contribution is 0.0309. The van der Waals surface area contributed by atoms with Gasteiger partial charge in [-0.2, -0.15) is 0 Å². The number of morpholine rings is 1. The van der Waals surface area contributed by atoms with Gasteiger partial charge in [0, 0.05) is 24.5 Å². The molecule has 0 bridgehead atoms. The van der Waals surface area contributed by atoms with Gasteiger partial charge in [0.2, 0.25) is 0 Å². The van der Waals surface area contributed by atoms with E-state index in [9.17, 15) is 9.18 Å². The van der Waals surface area contributed by atoms with Gasteiger partial charge in [-0.25, -0.2) is 4.39 Å². The van der Waals surface area contributed by atoms with E-state index in [1.165, 1.54) is 12.1 Å². The average Bonchev–Trinajstić information content (AvgIpc) is 3.13. The summed E-state index contributed by atoms with van der Waals surface area (Å²) >= 11 is 0. The molecule has 2 aromatic rings. The standard InChI is InChI=1S/C24H33FN2O3/c1-17(5-6-18-7-9-19(25)10-8-18)26-23(28)20-15-22(24(2,3)4)30-21(20)16-27-11-13-29-14-12-27/h7-10,15,17H,5-6,11-14,16H2,1-4H3,(H,26,28)/t17-/m1/s1. The number of furan rings is 1. The number of nitrogens with zero attached hydrogens (tertiary/aromatic N) is 1. The average molecular weight is 417 g/mol. The molecule has 3 rings (SSSR count). The van der Waals surface area contributed by atoms with Crippen molar-refractivity contribution in [1.82, 2.24) is 10.2 Å². The van der Waals surface area contributed by atoms with Gasteiger partial charge in [-0.15, -0.1) is 0 Å². The Morgan fingerprint density at radius 2 is 1.87 bits per heavy atom. The number of amides is 1. The Kier molecular flexibility index (Phi) is 7.32. The zero-order chi connectivity index (χ0) is 21.7. The number of halogens is 1. The molecule has 164 valence electrons. The van der Waals surface area contributed by atoms with E-state index >= 15 is 0 Å². The molecular weight excluding hydrogens is 383 g/mol. The highest BCUT2D eigenvalue weighted by molar-refractivity contribution is 5.95. The smallest absolute Gasteiger partial charge is 0.255 e. The number of benzene rings is 1. The lowest BCUT2D eigenvalue weighted by Crippen LogP contribution is -2.37. The van der Waals surface area contributed by atoms with Crippen molar-refractivity contribution in [3.63, 3.8) is 0 Å². The monoisotopic (exact) mass is 416 g/mol. The van der Waals surface area contributed by atoms with Crippen molar-refractivity contribution in [2.24, 2.45) is 0 Å². The summed E-state index contributed by atoms with van der Waals surface area (Å²) in [4.78, 5) is 15.3. The molecule has 5 nitrogen and oxygen atoms in total. The van der Waals surface area contributed by atoms with Crippen LogP contribution in [0.1, 0.15) is 61.6 Å². The van der Waals surface area contributed by atoms with Gasteiger partial charge in [-0.05, 0) is 43.5 Å². The number of nitrogens with one attached hydrogen (secondary N) is 1. The van der Waals surface area contributed by atoms with Gasteiger partial charge in [-0.3, -0.25) is 9.69 Å². The van der Waals surface area contributed by atoms with Gasteiger partial charge in [0.25, 0.3) is 5.91 Å². The van der Waals surface area contributed by atoms with E-state index in [1.807, 2.05) is 13.0 Å². The van der Waals surface area contributed by atoms with Crippen LogP contribution in [0.25, 0.3) is 0 Å². The molecule has 1 aliphatic rings. The van der Waals surface area contributed by atoms with Crippen LogP contribution >= 0.6 is 0 Å². The Labute approximate surface area is 178 Å². The van der Waals surface area contributed by atoms with Gasteiger partial charge in [0.05, 0.1) is 25.3 Å². The molecule has 1 aromatic carbocycles. The molecule has 0 radical (unpaired) electrons. The van der Waals surface area contributed by atoms with Crippen molar-refractivity contribution < 1.29 is 18.3 Å². The summed E-state index contributed by atoms with van der Waals surface area (Å²) in [6.45, 7) is 11.9. The van der Waals surface area contributed by atoms with Crippen LogP contribution in [0.15, 0.2) is 34.7 Å².